The zero-order valence-corrected chi connectivity index (χ0v) is 20.2. The highest BCUT2D eigenvalue weighted by molar-refractivity contribution is 6.31. The van der Waals surface area contributed by atoms with E-state index >= 15 is 0 Å². The first-order valence-corrected chi connectivity index (χ1v) is 12.0. The Kier molecular flexibility index (Phi) is 4.22. The quantitative estimate of drug-likeness (QED) is 0.276. The lowest BCUT2D eigenvalue weighted by Gasteiger charge is -2.43. The number of phenols is 1. The molecule has 38 heavy (non-hydrogen) atoms. The summed E-state index contributed by atoms with van der Waals surface area (Å²) in [5.41, 5.74) is -1.34. The van der Waals surface area contributed by atoms with Gasteiger partial charge < -0.3 is 25.0 Å². The highest BCUT2D eigenvalue weighted by Crippen LogP contribution is 2.74. The molecule has 0 spiro atoms. The number of ketones is 2. The van der Waals surface area contributed by atoms with Gasteiger partial charge in [0.15, 0.2) is 11.6 Å². The van der Waals surface area contributed by atoms with Crippen LogP contribution >= 0.6 is 0 Å². The highest BCUT2D eigenvalue weighted by Gasteiger charge is 2.85. The second kappa shape index (κ2) is 7.16. The third-order valence-electron chi connectivity index (χ3n) is 8.33. The van der Waals surface area contributed by atoms with Crippen molar-refractivity contribution in [2.24, 2.45) is 11.8 Å². The molecular formula is C30H19NO7. The smallest absolute Gasteiger partial charge is 0.335 e. The second-order valence-electron chi connectivity index (χ2n) is 9.83. The first-order valence-electron chi connectivity index (χ1n) is 12.0. The van der Waals surface area contributed by atoms with Gasteiger partial charge in [0.25, 0.3) is 0 Å². The minimum absolute atomic E-state index is 0.0314. The molecule has 8 heteroatoms. The number of hydrogen-bond donors (Lipinski definition) is 3. The summed E-state index contributed by atoms with van der Waals surface area (Å²) >= 11 is 0. The maximum absolute atomic E-state index is 13.8. The molecule has 1 saturated heterocycles. The summed E-state index contributed by atoms with van der Waals surface area (Å²) in [5, 5.41) is 24.7. The van der Waals surface area contributed by atoms with Gasteiger partial charge in [-0.3, -0.25) is 9.59 Å². The van der Waals surface area contributed by atoms with Crippen LogP contribution in [0.5, 0.6) is 5.75 Å². The first kappa shape index (κ1) is 22.4. The lowest BCUT2D eigenvalue weighted by molar-refractivity contribution is -0.134. The van der Waals surface area contributed by atoms with Crippen molar-refractivity contribution in [2.75, 3.05) is 12.4 Å². The number of hydrogen-bond acceptors (Lipinski definition) is 7. The van der Waals surface area contributed by atoms with Crippen LogP contribution in [-0.2, 0) is 19.9 Å². The predicted octanol–water partition coefficient (Wildman–Crippen LogP) is 2.75. The number of epoxide rings is 1. The summed E-state index contributed by atoms with van der Waals surface area (Å²) in [6.07, 6.45) is 3.15. The number of anilines is 1. The molecule has 0 saturated carbocycles. The zero-order chi connectivity index (χ0) is 26.6. The molecule has 1 fully saturated rings. The molecule has 8 nitrogen and oxygen atoms in total. The Hall–Kier alpha value is -4.79. The summed E-state index contributed by atoms with van der Waals surface area (Å²) in [6.45, 7) is 1.74. The van der Waals surface area contributed by atoms with Gasteiger partial charge in [-0.1, -0.05) is 54.9 Å². The van der Waals surface area contributed by atoms with Crippen LogP contribution in [0.2, 0.25) is 0 Å². The van der Waals surface area contributed by atoms with Gasteiger partial charge in [0.2, 0.25) is 0 Å². The van der Waals surface area contributed by atoms with E-state index in [1.54, 1.807) is 43.3 Å². The number of ether oxygens (including phenoxy) is 2. The molecule has 2 aromatic carbocycles. The number of benzene rings is 2. The number of rotatable bonds is 2. The van der Waals surface area contributed by atoms with E-state index < -0.39 is 46.6 Å². The van der Waals surface area contributed by atoms with E-state index in [-0.39, 0.29) is 39.3 Å². The molecule has 3 N–H and O–H groups in total. The number of carbonyl (C=O) groups excluding carboxylic acids is 2. The largest absolute Gasteiger partial charge is 0.507 e. The molecule has 5 atom stereocenters. The molecule has 3 aliphatic carbocycles. The van der Waals surface area contributed by atoms with Crippen LogP contribution in [0.25, 0.3) is 0 Å². The fraction of sp³-hybridized carbons (Fsp3) is 0.233. The van der Waals surface area contributed by atoms with Crippen LogP contribution in [0.4, 0.5) is 5.69 Å². The van der Waals surface area contributed by atoms with Gasteiger partial charge in [-0.25, -0.2) is 4.79 Å². The van der Waals surface area contributed by atoms with E-state index in [9.17, 15) is 24.6 Å². The molecule has 2 aromatic rings. The molecule has 0 aromatic heterocycles. The van der Waals surface area contributed by atoms with Gasteiger partial charge in [0.05, 0.1) is 29.5 Å². The van der Waals surface area contributed by atoms with Gasteiger partial charge >= 0.3 is 5.97 Å². The van der Waals surface area contributed by atoms with Gasteiger partial charge in [0.1, 0.15) is 34.7 Å². The van der Waals surface area contributed by atoms with Gasteiger partial charge in [0, 0.05) is 22.6 Å². The summed E-state index contributed by atoms with van der Waals surface area (Å²) in [5.74, 6) is 8.23. The minimum atomic E-state index is -1.29. The average molecular weight is 505 g/mol. The van der Waals surface area contributed by atoms with Crippen molar-refractivity contribution >= 4 is 23.2 Å². The van der Waals surface area contributed by atoms with E-state index in [4.69, 9.17) is 9.47 Å². The molecule has 2 aliphatic heterocycles. The number of carbonyl (C=O) groups is 3. The fourth-order valence-corrected chi connectivity index (χ4v) is 6.79. The van der Waals surface area contributed by atoms with Crippen molar-refractivity contribution in [3.8, 4) is 29.4 Å². The molecule has 0 radical (unpaired) electrons. The van der Waals surface area contributed by atoms with Gasteiger partial charge in [-0.05, 0) is 18.2 Å². The average Bonchev–Trinajstić information content (AvgIpc) is 3.63. The van der Waals surface area contributed by atoms with Crippen LogP contribution < -0.4 is 5.32 Å². The topological polar surface area (TPSA) is 125 Å². The fourth-order valence-electron chi connectivity index (χ4n) is 6.79. The van der Waals surface area contributed by atoms with E-state index in [0.717, 1.165) is 0 Å². The molecule has 5 aliphatic rings. The number of carboxylic acids is 1. The van der Waals surface area contributed by atoms with Crippen LogP contribution in [0.3, 0.4) is 0 Å². The molecule has 0 amide bonds. The van der Waals surface area contributed by atoms with Gasteiger partial charge in [-0.15, -0.1) is 0 Å². The van der Waals surface area contributed by atoms with E-state index in [1.165, 1.54) is 13.2 Å². The maximum Gasteiger partial charge on any atom is 0.335 e. The van der Waals surface area contributed by atoms with Crippen molar-refractivity contribution in [2.45, 2.75) is 24.2 Å². The number of carboxylic acid groups (broad SMARTS) is 1. The number of fused-ring (bicyclic) bond motifs is 4. The number of allylic oxidation sites excluding steroid dienone is 2. The number of methoxy groups -OCH3 is 1. The highest BCUT2D eigenvalue weighted by atomic mass is 16.6. The Balaban J connectivity index is 1.59. The molecule has 7 rings (SSSR count). The Morgan fingerprint density at radius 3 is 2.39 bits per heavy atom. The molecule has 1 unspecified atom stereocenters. The Labute approximate surface area is 216 Å². The minimum Gasteiger partial charge on any atom is -0.507 e. The molecule has 186 valence electrons. The normalized spacial score (nSPS) is 31.5. The third kappa shape index (κ3) is 2.35. The van der Waals surface area contributed by atoms with Gasteiger partial charge in [-0.2, -0.15) is 0 Å². The number of nitrogens with one attached hydrogen (secondary N) is 1. The van der Waals surface area contributed by atoms with E-state index in [1.807, 2.05) is 0 Å². The predicted molar refractivity (Wildman–Crippen MR) is 133 cm³/mol. The maximum atomic E-state index is 13.8. The van der Waals surface area contributed by atoms with Crippen molar-refractivity contribution in [1.82, 2.24) is 0 Å². The van der Waals surface area contributed by atoms with Crippen LogP contribution in [-0.4, -0.2) is 46.5 Å². The summed E-state index contributed by atoms with van der Waals surface area (Å²) in [7, 11) is 1.39. The summed E-state index contributed by atoms with van der Waals surface area (Å²) < 4.78 is 12.3. The monoisotopic (exact) mass is 505 g/mol. The molecule has 2 heterocycles. The second-order valence-corrected chi connectivity index (χ2v) is 9.83. The Bertz CT molecular complexity index is 1740. The summed E-state index contributed by atoms with van der Waals surface area (Å²) in [6, 6.07) is 7.14. The van der Waals surface area contributed by atoms with Crippen LogP contribution in [0.15, 0.2) is 53.8 Å². The van der Waals surface area contributed by atoms with Crippen LogP contribution in [0.1, 0.15) is 44.3 Å². The van der Waals surface area contributed by atoms with E-state index in [2.05, 4.69) is 29.0 Å². The standard InChI is InChI=1S/C30H19NO7/c1-14-21(28(35)36)27(37-2)17-11-5-3-4-6-12-20-29(14)30(17,38-29)18-13-19(32)22-23(24(18)31-20)26(34)16-10-8-7-9-15(16)25(22)33/h3-4,7-10,13-14,17,20,31-32H,1-2H3,(H,35,36)/b4-3-/t14-,17?,20-,29-,30+/m0/s1. The first-order chi connectivity index (χ1) is 18.3. The zero-order valence-electron chi connectivity index (χ0n) is 20.2. The van der Waals surface area contributed by atoms with Crippen molar-refractivity contribution < 1.29 is 34.1 Å². The van der Waals surface area contributed by atoms with E-state index in [0.29, 0.717) is 11.3 Å². The van der Waals surface area contributed by atoms with Crippen molar-refractivity contribution in [3.63, 3.8) is 0 Å². The van der Waals surface area contributed by atoms with Crippen molar-refractivity contribution in [3.05, 3.63) is 81.6 Å². The third-order valence-corrected chi connectivity index (χ3v) is 8.33. The van der Waals surface area contributed by atoms with Crippen molar-refractivity contribution in [1.29, 1.82) is 0 Å². The molecule has 4 bridgehead atoms. The Morgan fingerprint density at radius 2 is 1.74 bits per heavy atom. The van der Waals surface area contributed by atoms with Crippen LogP contribution in [0, 0.1) is 35.5 Å². The Morgan fingerprint density at radius 1 is 1.08 bits per heavy atom. The molecular weight excluding hydrogens is 486 g/mol. The number of aromatic hydroxyl groups is 1. The lowest BCUT2D eigenvalue weighted by Crippen LogP contribution is -2.55. The number of aliphatic carboxylic acids is 1. The lowest BCUT2D eigenvalue weighted by atomic mass is 9.59. The summed E-state index contributed by atoms with van der Waals surface area (Å²) in [4.78, 5) is 39.7. The number of phenolic OH excluding ortho intramolecular Hbond substituents is 1. The SMILES string of the molecule is COC1=C(C(=O)O)[C@H](C)[C@@]23O[C@]24c2cc(O)c5c(c2N[C@H]3C#C/C=C\C#CC14)C(=O)c1ccccc1C5=O.